The minimum absolute atomic E-state index is 0.0951. The van der Waals surface area contributed by atoms with Crippen molar-refractivity contribution in [1.29, 1.82) is 0 Å². The minimum Gasteiger partial charge on any atom is -0.383 e. The molecule has 0 bridgehead atoms. The van der Waals surface area contributed by atoms with Crippen molar-refractivity contribution in [2.45, 2.75) is 32.8 Å². The van der Waals surface area contributed by atoms with Crippen molar-refractivity contribution in [3.63, 3.8) is 0 Å². The molecule has 0 saturated carbocycles. The van der Waals surface area contributed by atoms with Crippen LogP contribution in [0.25, 0.3) is 0 Å². The second-order valence-corrected chi connectivity index (χ2v) is 5.95. The lowest BCUT2D eigenvalue weighted by atomic mass is 10.00. The van der Waals surface area contributed by atoms with Crippen molar-refractivity contribution >= 4 is 11.7 Å². The molecule has 2 amide bonds. The predicted octanol–water partition coefficient (Wildman–Crippen LogP) is 2.32. The third-order valence-electron chi connectivity index (χ3n) is 3.90. The summed E-state index contributed by atoms with van der Waals surface area (Å²) in [6.45, 7) is 5.75. The molecule has 0 radical (unpaired) electrons. The fourth-order valence-corrected chi connectivity index (χ4v) is 2.41. The molecular weight excluding hydrogens is 292 g/mol. The van der Waals surface area contributed by atoms with E-state index in [1.165, 1.54) is 0 Å². The molecular formula is C17H24N4O2. The van der Waals surface area contributed by atoms with Crippen LogP contribution in [0.5, 0.6) is 0 Å². The number of hydrogen-bond acceptors (Lipinski definition) is 3. The van der Waals surface area contributed by atoms with Gasteiger partial charge in [-0.2, -0.15) is 5.10 Å². The molecule has 1 heterocycles. The first-order chi connectivity index (χ1) is 10.8. The summed E-state index contributed by atoms with van der Waals surface area (Å²) in [5.41, 5.74) is 2.40. The number of aryl methyl sites for hydroxylation is 3. The first-order valence-corrected chi connectivity index (χ1v) is 7.68. The number of hydrogen-bond donors (Lipinski definition) is 3. The number of nitrogens with one attached hydrogen (secondary N) is 2. The predicted molar refractivity (Wildman–Crippen MR) is 90.4 cm³/mol. The van der Waals surface area contributed by atoms with Gasteiger partial charge in [0.2, 0.25) is 0 Å². The van der Waals surface area contributed by atoms with Gasteiger partial charge in [-0.05, 0) is 31.4 Å². The Labute approximate surface area is 136 Å². The summed E-state index contributed by atoms with van der Waals surface area (Å²) in [4.78, 5) is 12.2. The topological polar surface area (TPSA) is 79.2 Å². The molecule has 1 atom stereocenters. The lowest BCUT2D eigenvalue weighted by Crippen LogP contribution is -2.40. The molecule has 0 aliphatic heterocycles. The zero-order chi connectivity index (χ0) is 17.0. The summed E-state index contributed by atoms with van der Waals surface area (Å²) in [6, 6.07) is 5.59. The van der Waals surface area contributed by atoms with Crippen LogP contribution in [-0.4, -0.2) is 27.5 Å². The van der Waals surface area contributed by atoms with Crippen molar-refractivity contribution < 1.29 is 9.90 Å². The number of nitrogens with zero attached hydrogens (tertiary/aromatic N) is 2. The van der Waals surface area contributed by atoms with E-state index in [-0.39, 0.29) is 12.6 Å². The highest BCUT2D eigenvalue weighted by molar-refractivity contribution is 5.91. The van der Waals surface area contributed by atoms with E-state index in [1.54, 1.807) is 31.0 Å². The normalized spacial score (nSPS) is 13.4. The largest absolute Gasteiger partial charge is 0.383 e. The number of urea groups is 1. The molecule has 1 aromatic heterocycles. The molecule has 6 heteroatoms. The van der Waals surface area contributed by atoms with Gasteiger partial charge in [-0.1, -0.05) is 25.1 Å². The summed E-state index contributed by atoms with van der Waals surface area (Å²) in [7, 11) is 1.78. The standard InChI is InChI=1S/C17H24N4O2/c1-5-13-8-6-7-12(2)15(13)20-16(22)18-11-17(3,23)14-9-19-21(4)10-14/h6-10,23H,5,11H2,1-4H3,(H2,18,20,22). The molecule has 3 N–H and O–H groups in total. The average molecular weight is 316 g/mol. The molecule has 0 saturated heterocycles. The van der Waals surface area contributed by atoms with Crippen molar-refractivity contribution in [1.82, 2.24) is 15.1 Å². The Morgan fingerprint density at radius 1 is 1.43 bits per heavy atom. The second-order valence-electron chi connectivity index (χ2n) is 5.95. The minimum atomic E-state index is -1.18. The van der Waals surface area contributed by atoms with E-state index in [4.69, 9.17) is 0 Å². The van der Waals surface area contributed by atoms with Crippen LogP contribution in [0.3, 0.4) is 0 Å². The van der Waals surface area contributed by atoms with E-state index in [0.29, 0.717) is 5.56 Å². The SMILES string of the molecule is CCc1cccc(C)c1NC(=O)NCC(C)(O)c1cnn(C)c1. The van der Waals surface area contributed by atoms with Gasteiger partial charge in [0.25, 0.3) is 0 Å². The fraction of sp³-hybridized carbons (Fsp3) is 0.412. The summed E-state index contributed by atoms with van der Waals surface area (Å²) in [6.07, 6.45) is 4.16. The lowest BCUT2D eigenvalue weighted by molar-refractivity contribution is 0.0599. The Balaban J connectivity index is 2.01. The van der Waals surface area contributed by atoms with Crippen LogP contribution in [0.1, 0.15) is 30.5 Å². The van der Waals surface area contributed by atoms with Crippen LogP contribution < -0.4 is 10.6 Å². The van der Waals surface area contributed by atoms with Gasteiger partial charge in [0.15, 0.2) is 0 Å². The van der Waals surface area contributed by atoms with Crippen molar-refractivity contribution in [2.75, 3.05) is 11.9 Å². The van der Waals surface area contributed by atoms with Crippen LogP contribution in [0.2, 0.25) is 0 Å². The van der Waals surface area contributed by atoms with Crippen molar-refractivity contribution in [3.05, 3.63) is 47.3 Å². The monoisotopic (exact) mass is 316 g/mol. The Bertz CT molecular complexity index is 692. The third-order valence-corrected chi connectivity index (χ3v) is 3.90. The Morgan fingerprint density at radius 2 is 2.17 bits per heavy atom. The summed E-state index contributed by atoms with van der Waals surface area (Å²) < 4.78 is 1.62. The van der Waals surface area contributed by atoms with Gasteiger partial charge in [0.05, 0.1) is 12.7 Å². The highest BCUT2D eigenvalue weighted by atomic mass is 16.3. The first-order valence-electron chi connectivity index (χ1n) is 7.68. The molecule has 1 unspecified atom stereocenters. The van der Waals surface area contributed by atoms with Gasteiger partial charge < -0.3 is 15.7 Å². The van der Waals surface area contributed by atoms with E-state index < -0.39 is 5.60 Å². The first kappa shape index (κ1) is 17.0. The smallest absolute Gasteiger partial charge is 0.319 e. The maximum Gasteiger partial charge on any atom is 0.319 e. The zero-order valence-corrected chi connectivity index (χ0v) is 14.1. The number of carbonyl (C=O) groups is 1. The number of rotatable bonds is 5. The maximum atomic E-state index is 12.2. The molecule has 1 aromatic carbocycles. The summed E-state index contributed by atoms with van der Waals surface area (Å²) in [5.74, 6) is 0. The molecule has 6 nitrogen and oxygen atoms in total. The molecule has 2 rings (SSSR count). The Morgan fingerprint density at radius 3 is 2.78 bits per heavy atom. The highest BCUT2D eigenvalue weighted by Gasteiger charge is 2.25. The van der Waals surface area contributed by atoms with E-state index in [9.17, 15) is 9.90 Å². The second kappa shape index (κ2) is 6.83. The van der Waals surface area contributed by atoms with Gasteiger partial charge >= 0.3 is 6.03 Å². The number of anilines is 1. The number of aromatic nitrogens is 2. The molecule has 124 valence electrons. The van der Waals surface area contributed by atoms with E-state index in [0.717, 1.165) is 23.2 Å². The van der Waals surface area contributed by atoms with Crippen molar-refractivity contribution in [2.24, 2.45) is 7.05 Å². The van der Waals surface area contributed by atoms with E-state index in [1.807, 2.05) is 32.0 Å². The maximum absolute atomic E-state index is 12.2. The Kier molecular flexibility index (Phi) is 5.05. The van der Waals surface area contributed by atoms with E-state index in [2.05, 4.69) is 15.7 Å². The number of aliphatic hydroxyl groups is 1. The number of benzene rings is 1. The molecule has 0 fully saturated rings. The number of carbonyl (C=O) groups excluding carboxylic acids is 1. The molecule has 0 spiro atoms. The van der Waals surface area contributed by atoms with Gasteiger partial charge in [0.1, 0.15) is 5.60 Å². The van der Waals surface area contributed by atoms with Gasteiger partial charge in [-0.15, -0.1) is 0 Å². The summed E-state index contributed by atoms with van der Waals surface area (Å²) >= 11 is 0. The van der Waals surface area contributed by atoms with Crippen LogP contribution in [-0.2, 0) is 19.1 Å². The van der Waals surface area contributed by atoms with Crippen LogP contribution >= 0.6 is 0 Å². The zero-order valence-electron chi connectivity index (χ0n) is 14.1. The fourth-order valence-electron chi connectivity index (χ4n) is 2.41. The molecule has 0 aliphatic rings. The van der Waals surface area contributed by atoms with Gasteiger partial charge in [-0.3, -0.25) is 4.68 Å². The molecule has 0 aliphatic carbocycles. The van der Waals surface area contributed by atoms with E-state index >= 15 is 0 Å². The average Bonchev–Trinajstić information content (AvgIpc) is 2.95. The lowest BCUT2D eigenvalue weighted by Gasteiger charge is -2.23. The Hall–Kier alpha value is -2.34. The number of amides is 2. The third kappa shape index (κ3) is 4.10. The molecule has 23 heavy (non-hydrogen) atoms. The van der Waals surface area contributed by atoms with Gasteiger partial charge in [-0.25, -0.2) is 4.79 Å². The van der Waals surface area contributed by atoms with Crippen LogP contribution in [0.15, 0.2) is 30.6 Å². The highest BCUT2D eigenvalue weighted by Crippen LogP contribution is 2.21. The van der Waals surface area contributed by atoms with Crippen molar-refractivity contribution in [3.8, 4) is 0 Å². The van der Waals surface area contributed by atoms with Crippen LogP contribution in [0, 0.1) is 6.92 Å². The summed E-state index contributed by atoms with van der Waals surface area (Å²) in [5, 5.41) is 20.1. The van der Waals surface area contributed by atoms with Gasteiger partial charge in [0, 0.05) is 24.5 Å². The number of para-hydroxylation sites is 1. The quantitative estimate of drug-likeness (QED) is 0.792. The van der Waals surface area contributed by atoms with Crippen LogP contribution in [0.4, 0.5) is 10.5 Å². The molecule has 2 aromatic rings.